The largest absolute Gasteiger partial charge is 0.494 e. The highest BCUT2D eigenvalue weighted by Crippen LogP contribution is 2.38. The Hall–Kier alpha value is -2.87. The molecule has 1 N–H and O–H groups in total. The van der Waals surface area contributed by atoms with Gasteiger partial charge >= 0.3 is 5.97 Å². The first-order valence-electron chi connectivity index (χ1n) is 11.2. The third-order valence-electron chi connectivity index (χ3n) is 5.52. The van der Waals surface area contributed by atoms with Crippen molar-refractivity contribution in [3.8, 4) is 5.75 Å². The molecule has 0 aliphatic carbocycles. The summed E-state index contributed by atoms with van der Waals surface area (Å²) in [6.45, 7) is 6.98. The minimum absolute atomic E-state index is 0. The molecule has 2 aromatic carbocycles. The first-order chi connectivity index (χ1) is 16.1. The number of nitrogens with one attached hydrogen (secondary N) is 1. The number of fused-ring (bicyclic) bond motifs is 1. The number of esters is 1. The average molecular weight is 501 g/mol. The van der Waals surface area contributed by atoms with E-state index in [1.165, 1.54) is 16.9 Å². The quantitative estimate of drug-likeness (QED) is 0.410. The van der Waals surface area contributed by atoms with E-state index in [2.05, 4.69) is 22.3 Å². The van der Waals surface area contributed by atoms with Gasteiger partial charge in [-0.3, -0.25) is 9.69 Å². The van der Waals surface area contributed by atoms with Crippen molar-refractivity contribution >= 4 is 40.6 Å². The fourth-order valence-corrected chi connectivity index (χ4v) is 5.26. The van der Waals surface area contributed by atoms with Crippen LogP contribution in [0.25, 0.3) is 0 Å². The summed E-state index contributed by atoms with van der Waals surface area (Å²) in [7, 11) is 0. The SMILES string of the molecule is CCOC(=O)c1c(NC(=O)c2ccc(OCC)cc2)sc2c1CCN(Cc1ccccc1)C2.Cl. The van der Waals surface area contributed by atoms with Crippen molar-refractivity contribution in [1.82, 2.24) is 4.90 Å². The predicted molar refractivity (Wildman–Crippen MR) is 137 cm³/mol. The summed E-state index contributed by atoms with van der Waals surface area (Å²) in [5, 5.41) is 3.51. The van der Waals surface area contributed by atoms with E-state index in [0.717, 1.165) is 36.5 Å². The van der Waals surface area contributed by atoms with Gasteiger partial charge in [-0.15, -0.1) is 23.7 Å². The van der Waals surface area contributed by atoms with E-state index in [9.17, 15) is 9.59 Å². The number of halogens is 1. The number of ether oxygens (including phenoxy) is 2. The van der Waals surface area contributed by atoms with Crippen molar-refractivity contribution in [3.63, 3.8) is 0 Å². The molecule has 3 aromatic rings. The summed E-state index contributed by atoms with van der Waals surface area (Å²) >= 11 is 1.47. The molecule has 180 valence electrons. The van der Waals surface area contributed by atoms with E-state index in [1.807, 2.05) is 25.1 Å². The van der Waals surface area contributed by atoms with Gasteiger partial charge in [0.15, 0.2) is 0 Å². The maximum Gasteiger partial charge on any atom is 0.341 e. The van der Waals surface area contributed by atoms with Gasteiger partial charge < -0.3 is 14.8 Å². The zero-order valence-electron chi connectivity index (χ0n) is 19.3. The molecule has 8 heteroatoms. The third kappa shape index (κ3) is 5.97. The molecule has 2 heterocycles. The minimum Gasteiger partial charge on any atom is -0.494 e. The molecule has 0 fully saturated rings. The predicted octanol–water partition coefficient (Wildman–Crippen LogP) is 5.56. The third-order valence-corrected chi connectivity index (χ3v) is 6.65. The van der Waals surface area contributed by atoms with Gasteiger partial charge in [0.2, 0.25) is 0 Å². The normalized spacial score (nSPS) is 12.9. The van der Waals surface area contributed by atoms with Crippen LogP contribution in [0.3, 0.4) is 0 Å². The van der Waals surface area contributed by atoms with Gasteiger partial charge in [-0.05, 0) is 55.7 Å². The highest BCUT2D eigenvalue weighted by Gasteiger charge is 2.29. The second-order valence-corrected chi connectivity index (χ2v) is 8.89. The lowest BCUT2D eigenvalue weighted by Crippen LogP contribution is -2.29. The van der Waals surface area contributed by atoms with Crippen molar-refractivity contribution in [2.24, 2.45) is 0 Å². The molecule has 1 amide bonds. The Morgan fingerprint density at radius 1 is 1.03 bits per heavy atom. The molecule has 34 heavy (non-hydrogen) atoms. The molecule has 1 aliphatic rings. The average Bonchev–Trinajstić information content (AvgIpc) is 3.17. The number of carbonyl (C=O) groups is 2. The zero-order chi connectivity index (χ0) is 23.2. The van der Waals surface area contributed by atoms with Gasteiger partial charge in [-0.2, -0.15) is 0 Å². The first kappa shape index (κ1) is 25.7. The Kier molecular flexibility index (Phi) is 9.10. The summed E-state index contributed by atoms with van der Waals surface area (Å²) in [6.07, 6.45) is 0.742. The number of amides is 1. The van der Waals surface area contributed by atoms with Gasteiger partial charge in [0, 0.05) is 30.1 Å². The van der Waals surface area contributed by atoms with Crippen LogP contribution >= 0.6 is 23.7 Å². The molecular weight excluding hydrogens is 472 g/mol. The van der Waals surface area contributed by atoms with Crippen molar-refractivity contribution in [2.75, 3.05) is 25.1 Å². The van der Waals surface area contributed by atoms with Crippen LogP contribution in [0, 0.1) is 0 Å². The van der Waals surface area contributed by atoms with Crippen LogP contribution in [-0.2, 0) is 24.2 Å². The van der Waals surface area contributed by atoms with E-state index in [4.69, 9.17) is 9.47 Å². The molecule has 1 aliphatic heterocycles. The van der Waals surface area contributed by atoms with Crippen LogP contribution in [-0.4, -0.2) is 36.5 Å². The van der Waals surface area contributed by atoms with Crippen molar-refractivity contribution in [3.05, 3.63) is 81.7 Å². The molecular formula is C26H29ClN2O4S. The van der Waals surface area contributed by atoms with Crippen LogP contribution in [0.2, 0.25) is 0 Å². The van der Waals surface area contributed by atoms with Gasteiger partial charge in [-0.25, -0.2) is 4.79 Å². The van der Waals surface area contributed by atoms with Crippen molar-refractivity contribution in [2.45, 2.75) is 33.4 Å². The van der Waals surface area contributed by atoms with Crippen LogP contribution in [0.15, 0.2) is 54.6 Å². The number of carbonyl (C=O) groups excluding carboxylic acids is 2. The molecule has 0 saturated heterocycles. The summed E-state index contributed by atoms with van der Waals surface area (Å²) in [5.74, 6) is 0.0724. The second-order valence-electron chi connectivity index (χ2n) is 7.79. The smallest absolute Gasteiger partial charge is 0.341 e. The lowest BCUT2D eigenvalue weighted by molar-refractivity contribution is 0.0526. The Bertz CT molecular complexity index is 1120. The molecule has 0 saturated carbocycles. The van der Waals surface area contributed by atoms with E-state index in [0.29, 0.717) is 28.5 Å². The van der Waals surface area contributed by atoms with E-state index >= 15 is 0 Å². The topological polar surface area (TPSA) is 67.9 Å². The summed E-state index contributed by atoms with van der Waals surface area (Å²) in [6, 6.07) is 17.3. The Morgan fingerprint density at radius 3 is 2.44 bits per heavy atom. The van der Waals surface area contributed by atoms with Crippen LogP contribution in [0.5, 0.6) is 5.75 Å². The Morgan fingerprint density at radius 2 is 1.76 bits per heavy atom. The lowest BCUT2D eigenvalue weighted by Gasteiger charge is -2.27. The fraction of sp³-hybridized carbons (Fsp3) is 0.308. The van der Waals surface area contributed by atoms with Crippen LogP contribution in [0.1, 0.15) is 50.6 Å². The standard InChI is InChI=1S/C26H28N2O4S.ClH/c1-3-31-20-12-10-19(11-13-20)24(29)27-25-23(26(30)32-4-2)21-14-15-28(17-22(21)33-25)16-18-8-6-5-7-9-18;/h5-13H,3-4,14-17H2,1-2H3,(H,27,29);1H. The number of nitrogens with zero attached hydrogens (tertiary/aromatic N) is 1. The molecule has 0 spiro atoms. The maximum atomic E-state index is 12.9. The molecule has 0 atom stereocenters. The highest BCUT2D eigenvalue weighted by molar-refractivity contribution is 7.17. The van der Waals surface area contributed by atoms with Gasteiger partial charge in [0.25, 0.3) is 5.91 Å². The fourth-order valence-electron chi connectivity index (χ4n) is 3.98. The monoisotopic (exact) mass is 500 g/mol. The van der Waals surface area contributed by atoms with E-state index in [1.54, 1.807) is 31.2 Å². The van der Waals surface area contributed by atoms with Crippen LogP contribution in [0.4, 0.5) is 5.00 Å². The lowest BCUT2D eigenvalue weighted by atomic mass is 10.0. The van der Waals surface area contributed by atoms with E-state index in [-0.39, 0.29) is 30.9 Å². The van der Waals surface area contributed by atoms with Crippen molar-refractivity contribution < 1.29 is 19.1 Å². The number of rotatable bonds is 8. The number of hydrogen-bond donors (Lipinski definition) is 1. The number of benzene rings is 2. The molecule has 6 nitrogen and oxygen atoms in total. The summed E-state index contributed by atoms with van der Waals surface area (Å²) in [4.78, 5) is 29.2. The second kappa shape index (κ2) is 12.0. The minimum atomic E-state index is -0.381. The van der Waals surface area contributed by atoms with E-state index < -0.39 is 0 Å². The van der Waals surface area contributed by atoms with Crippen molar-refractivity contribution in [1.29, 1.82) is 0 Å². The summed E-state index contributed by atoms with van der Waals surface area (Å²) < 4.78 is 10.8. The maximum absolute atomic E-state index is 12.9. The molecule has 1 aromatic heterocycles. The van der Waals surface area contributed by atoms with Crippen LogP contribution < -0.4 is 10.1 Å². The highest BCUT2D eigenvalue weighted by atomic mass is 35.5. The number of hydrogen-bond acceptors (Lipinski definition) is 6. The zero-order valence-corrected chi connectivity index (χ0v) is 21.0. The molecule has 0 bridgehead atoms. The number of thiophene rings is 1. The van der Waals surface area contributed by atoms with Gasteiger partial charge in [0.05, 0.1) is 18.8 Å². The summed E-state index contributed by atoms with van der Waals surface area (Å²) in [5.41, 5.74) is 3.25. The molecule has 0 unspecified atom stereocenters. The molecule has 0 radical (unpaired) electrons. The number of anilines is 1. The van der Waals surface area contributed by atoms with Gasteiger partial charge in [-0.1, -0.05) is 30.3 Å². The molecule has 4 rings (SSSR count). The Balaban J connectivity index is 0.00000324. The first-order valence-corrected chi connectivity index (χ1v) is 12.0. The van der Waals surface area contributed by atoms with Gasteiger partial charge in [0.1, 0.15) is 10.8 Å². The Labute approximate surface area is 210 Å².